The number of methoxy groups -OCH3 is 1. The van der Waals surface area contributed by atoms with E-state index < -0.39 is 0 Å². The Morgan fingerprint density at radius 1 is 1.19 bits per heavy atom. The van der Waals surface area contributed by atoms with Crippen LogP contribution in [0.2, 0.25) is 0 Å². The third-order valence-electron chi connectivity index (χ3n) is 5.35. The number of likely N-dealkylation sites (tertiary alicyclic amines) is 1. The van der Waals surface area contributed by atoms with E-state index in [9.17, 15) is 9.59 Å². The molecule has 0 aliphatic carbocycles. The Balaban J connectivity index is 1.40. The number of nitrogens with zero attached hydrogens (tertiary/aromatic N) is 1. The van der Waals surface area contributed by atoms with Crippen molar-refractivity contribution < 1.29 is 19.1 Å². The largest absolute Gasteiger partial charge is 0.467 e. The number of carbonyl (C=O) groups is 2. The van der Waals surface area contributed by atoms with Crippen molar-refractivity contribution in [3.05, 3.63) is 35.9 Å². The molecule has 0 saturated carbocycles. The monoisotopic (exact) mass is 360 g/mol. The van der Waals surface area contributed by atoms with Crippen molar-refractivity contribution in [2.75, 3.05) is 33.4 Å². The number of carbonyl (C=O) groups excluding carboxylic acids is 2. The summed E-state index contributed by atoms with van der Waals surface area (Å²) in [6.07, 6.45) is 3.69. The molecule has 1 aromatic rings. The first-order valence-electron chi connectivity index (χ1n) is 9.40. The van der Waals surface area contributed by atoms with Gasteiger partial charge in [0.05, 0.1) is 19.3 Å². The van der Waals surface area contributed by atoms with Gasteiger partial charge in [0, 0.05) is 19.6 Å². The molecule has 1 aromatic carbocycles. The molecular weight excluding hydrogens is 332 g/mol. The normalized spacial score (nSPS) is 23.8. The van der Waals surface area contributed by atoms with Crippen molar-refractivity contribution in [3.63, 3.8) is 0 Å². The minimum atomic E-state index is -0.389. The van der Waals surface area contributed by atoms with E-state index >= 15 is 0 Å². The van der Waals surface area contributed by atoms with Crippen molar-refractivity contribution in [2.24, 2.45) is 5.92 Å². The van der Waals surface area contributed by atoms with Gasteiger partial charge in [-0.25, -0.2) is 4.79 Å². The highest BCUT2D eigenvalue weighted by molar-refractivity contribution is 5.82. The van der Waals surface area contributed by atoms with Crippen molar-refractivity contribution in [3.8, 4) is 0 Å². The number of piperidine rings is 1. The van der Waals surface area contributed by atoms with E-state index in [-0.39, 0.29) is 30.6 Å². The predicted molar refractivity (Wildman–Crippen MR) is 97.6 cm³/mol. The first-order valence-corrected chi connectivity index (χ1v) is 9.40. The van der Waals surface area contributed by atoms with E-state index in [1.54, 1.807) is 0 Å². The second-order valence-corrected chi connectivity index (χ2v) is 7.16. The van der Waals surface area contributed by atoms with Gasteiger partial charge in [0.15, 0.2) is 0 Å². The highest BCUT2D eigenvalue weighted by Gasteiger charge is 2.34. The molecule has 142 valence electrons. The average molecular weight is 360 g/mol. The molecule has 2 heterocycles. The van der Waals surface area contributed by atoms with Gasteiger partial charge < -0.3 is 19.7 Å². The number of hydrogen-bond acceptors (Lipinski definition) is 5. The van der Waals surface area contributed by atoms with Crippen molar-refractivity contribution in [1.82, 2.24) is 10.2 Å². The van der Waals surface area contributed by atoms with E-state index in [0.717, 1.165) is 32.4 Å². The minimum Gasteiger partial charge on any atom is -0.467 e. The van der Waals surface area contributed by atoms with Crippen LogP contribution >= 0.6 is 0 Å². The zero-order valence-corrected chi connectivity index (χ0v) is 15.4. The summed E-state index contributed by atoms with van der Waals surface area (Å²) in [7, 11) is 1.34. The number of hydrogen-bond donors (Lipinski definition) is 1. The van der Waals surface area contributed by atoms with Gasteiger partial charge in [-0.15, -0.1) is 0 Å². The second-order valence-electron chi connectivity index (χ2n) is 7.16. The Labute approximate surface area is 154 Å². The average Bonchev–Trinajstić information content (AvgIpc) is 3.16. The number of amides is 1. The molecule has 2 saturated heterocycles. The molecule has 1 amide bonds. The molecule has 0 bridgehead atoms. The molecule has 2 aliphatic rings. The summed E-state index contributed by atoms with van der Waals surface area (Å²) in [5, 5.41) is 3.23. The fraction of sp³-hybridized carbons (Fsp3) is 0.600. The van der Waals surface area contributed by atoms with E-state index in [0.29, 0.717) is 18.9 Å². The molecule has 6 nitrogen and oxygen atoms in total. The fourth-order valence-corrected chi connectivity index (χ4v) is 3.79. The molecule has 3 rings (SSSR count). The lowest BCUT2D eigenvalue weighted by atomic mass is 9.90. The van der Waals surface area contributed by atoms with Gasteiger partial charge in [-0.2, -0.15) is 0 Å². The van der Waals surface area contributed by atoms with Gasteiger partial charge in [-0.3, -0.25) is 4.79 Å². The summed E-state index contributed by atoms with van der Waals surface area (Å²) in [4.78, 5) is 25.8. The van der Waals surface area contributed by atoms with Gasteiger partial charge in [-0.05, 0) is 37.2 Å². The number of ether oxygens (including phenoxy) is 2. The highest BCUT2D eigenvalue weighted by Crippen LogP contribution is 2.23. The molecule has 6 heteroatoms. The number of nitrogens with one attached hydrogen (secondary N) is 1. The molecule has 0 spiro atoms. The van der Waals surface area contributed by atoms with Crippen LogP contribution in [0.5, 0.6) is 0 Å². The van der Waals surface area contributed by atoms with Crippen LogP contribution in [0.25, 0.3) is 0 Å². The first-order chi connectivity index (χ1) is 12.7. The van der Waals surface area contributed by atoms with Crippen molar-refractivity contribution >= 4 is 11.9 Å². The minimum absolute atomic E-state index is 0.0609. The maximum atomic E-state index is 12.7. The zero-order valence-electron chi connectivity index (χ0n) is 15.4. The molecular formula is C20H28N2O4. The Morgan fingerprint density at radius 3 is 2.62 bits per heavy atom. The predicted octanol–water partition coefficient (Wildman–Crippen LogP) is 1.39. The van der Waals surface area contributed by atoms with Gasteiger partial charge in [-0.1, -0.05) is 30.3 Å². The van der Waals surface area contributed by atoms with Crippen LogP contribution in [0, 0.1) is 5.92 Å². The SMILES string of the molecule is COC(=O)CO[C@H]1CN[C@H](C(=O)N2CCC(Cc3ccccc3)CC2)C1. The van der Waals surface area contributed by atoms with Crippen LogP contribution in [0.15, 0.2) is 30.3 Å². The van der Waals surface area contributed by atoms with Gasteiger partial charge in [0.2, 0.25) is 5.91 Å². The molecule has 2 atom stereocenters. The Hall–Kier alpha value is -1.92. The summed E-state index contributed by atoms with van der Waals surface area (Å²) in [6, 6.07) is 10.4. The summed E-state index contributed by atoms with van der Waals surface area (Å²) < 4.78 is 10.1. The second kappa shape index (κ2) is 9.14. The zero-order chi connectivity index (χ0) is 18.4. The quantitative estimate of drug-likeness (QED) is 0.777. The van der Waals surface area contributed by atoms with Gasteiger partial charge in [0.1, 0.15) is 6.61 Å². The lowest BCUT2D eigenvalue weighted by Crippen LogP contribution is -2.47. The summed E-state index contributed by atoms with van der Waals surface area (Å²) in [5.41, 5.74) is 1.38. The maximum absolute atomic E-state index is 12.7. The van der Waals surface area contributed by atoms with Gasteiger partial charge in [0.25, 0.3) is 0 Å². The number of benzene rings is 1. The van der Waals surface area contributed by atoms with Crippen LogP contribution in [-0.4, -0.2) is 62.3 Å². The molecule has 26 heavy (non-hydrogen) atoms. The molecule has 2 fully saturated rings. The summed E-state index contributed by atoms with van der Waals surface area (Å²) in [5.74, 6) is 0.418. The Kier molecular flexibility index (Phi) is 6.63. The first kappa shape index (κ1) is 18.9. The van der Waals surface area contributed by atoms with Crippen molar-refractivity contribution in [1.29, 1.82) is 0 Å². The van der Waals surface area contributed by atoms with Crippen LogP contribution in [0.3, 0.4) is 0 Å². The molecule has 1 N–H and O–H groups in total. The molecule has 0 radical (unpaired) electrons. The van der Waals surface area contributed by atoms with Crippen LogP contribution in [-0.2, 0) is 25.5 Å². The molecule has 2 aliphatic heterocycles. The third kappa shape index (κ3) is 5.05. The molecule has 0 aromatic heterocycles. The van der Waals surface area contributed by atoms with Gasteiger partial charge >= 0.3 is 5.97 Å². The lowest BCUT2D eigenvalue weighted by molar-refractivity contribution is -0.147. The van der Waals surface area contributed by atoms with Crippen molar-refractivity contribution in [2.45, 2.75) is 37.8 Å². The Bertz CT molecular complexity index is 599. The fourth-order valence-electron chi connectivity index (χ4n) is 3.79. The van der Waals surface area contributed by atoms with E-state index in [1.807, 2.05) is 11.0 Å². The van der Waals surface area contributed by atoms with Crippen LogP contribution in [0.4, 0.5) is 0 Å². The number of rotatable bonds is 6. The van der Waals surface area contributed by atoms with E-state index in [4.69, 9.17) is 4.74 Å². The lowest BCUT2D eigenvalue weighted by Gasteiger charge is -2.33. The van der Waals surface area contributed by atoms with Crippen LogP contribution in [0.1, 0.15) is 24.8 Å². The standard InChI is InChI=1S/C20H28N2O4/c1-25-19(23)14-26-17-12-18(21-13-17)20(24)22-9-7-16(8-10-22)11-15-5-3-2-4-6-15/h2-6,16-18,21H,7-14H2,1H3/t17-,18+/m1/s1. The smallest absolute Gasteiger partial charge is 0.331 e. The van der Waals surface area contributed by atoms with E-state index in [1.165, 1.54) is 12.7 Å². The van der Waals surface area contributed by atoms with Crippen LogP contribution < -0.4 is 5.32 Å². The third-order valence-corrected chi connectivity index (χ3v) is 5.35. The molecule has 0 unspecified atom stereocenters. The summed E-state index contributed by atoms with van der Waals surface area (Å²) >= 11 is 0. The van der Waals surface area contributed by atoms with E-state index in [2.05, 4.69) is 34.3 Å². The maximum Gasteiger partial charge on any atom is 0.331 e. The highest BCUT2D eigenvalue weighted by atomic mass is 16.6. The topological polar surface area (TPSA) is 67.9 Å². The summed E-state index contributed by atoms with van der Waals surface area (Å²) in [6.45, 7) is 2.18. The number of esters is 1. The Morgan fingerprint density at radius 2 is 1.92 bits per heavy atom.